The topological polar surface area (TPSA) is 89.1 Å². The van der Waals surface area contributed by atoms with Gasteiger partial charge in [-0.3, -0.25) is 0 Å². The van der Waals surface area contributed by atoms with Crippen LogP contribution in [0.25, 0.3) is 11.0 Å². The zero-order chi connectivity index (χ0) is 19.5. The van der Waals surface area contributed by atoms with Crippen LogP contribution in [0.4, 0.5) is 0 Å². The zero-order valence-electron chi connectivity index (χ0n) is 16.0. The average molecular weight is 378 g/mol. The number of ether oxygens (including phenoxy) is 2. The number of aliphatic hydroxyl groups is 1. The molecule has 0 radical (unpaired) electrons. The van der Waals surface area contributed by atoms with E-state index in [-0.39, 0.29) is 35.7 Å². The van der Waals surface area contributed by atoms with Crippen molar-refractivity contribution in [3.8, 4) is 17.2 Å². The monoisotopic (exact) mass is 378 g/mol. The minimum Gasteiger partial charge on any atom is -0.503 e. The molecule has 0 saturated heterocycles. The molecule has 0 aliphatic heterocycles. The van der Waals surface area contributed by atoms with Crippen LogP contribution in [-0.4, -0.2) is 30.0 Å². The molecule has 0 unspecified atom stereocenters. The Morgan fingerprint density at radius 3 is 2.37 bits per heavy atom. The van der Waals surface area contributed by atoms with E-state index >= 15 is 0 Å². The Kier molecular flexibility index (Phi) is 8.98. The maximum atomic E-state index is 12.1. The van der Waals surface area contributed by atoms with Gasteiger partial charge in [0.05, 0.1) is 13.2 Å². The normalized spacial score (nSPS) is 11.0. The average Bonchev–Trinajstić information content (AvgIpc) is 2.66. The third kappa shape index (κ3) is 6.17. The largest absolute Gasteiger partial charge is 0.503 e. The Bertz CT molecular complexity index is 752. The van der Waals surface area contributed by atoms with Gasteiger partial charge in [0.25, 0.3) is 0 Å². The summed E-state index contributed by atoms with van der Waals surface area (Å²) in [7, 11) is 0. The highest BCUT2D eigenvalue weighted by Gasteiger charge is 2.18. The lowest BCUT2D eigenvalue weighted by atomic mass is 10.1. The number of fused-ring (bicyclic) bond motifs is 1. The van der Waals surface area contributed by atoms with Gasteiger partial charge in [-0.2, -0.15) is 0 Å². The smallest absolute Gasteiger partial charge is 0.383 e. The van der Waals surface area contributed by atoms with Crippen molar-refractivity contribution in [3.63, 3.8) is 0 Å². The molecule has 1 heterocycles. The number of unbranched alkanes of at least 4 members (excludes halogenated alkanes) is 7. The molecular formula is C21H30O6. The highest BCUT2D eigenvalue weighted by molar-refractivity contribution is 5.91. The van der Waals surface area contributed by atoms with Crippen LogP contribution in [0.15, 0.2) is 27.4 Å². The Morgan fingerprint density at radius 2 is 1.67 bits per heavy atom. The summed E-state index contributed by atoms with van der Waals surface area (Å²) in [6.07, 6.45) is 9.30. The molecule has 1 aromatic carbocycles. The third-order valence-electron chi connectivity index (χ3n) is 4.42. The number of aliphatic hydroxyl groups excluding tert-OH is 1. The Labute approximate surface area is 159 Å². The molecule has 2 N–H and O–H groups in total. The predicted octanol–water partition coefficient (Wildman–Crippen LogP) is 4.39. The van der Waals surface area contributed by atoms with E-state index in [0.29, 0.717) is 12.4 Å². The van der Waals surface area contributed by atoms with E-state index in [1.165, 1.54) is 32.1 Å². The molecule has 6 heteroatoms. The fourth-order valence-electron chi connectivity index (χ4n) is 3.00. The second-order valence-electron chi connectivity index (χ2n) is 6.59. The van der Waals surface area contributed by atoms with E-state index in [4.69, 9.17) is 19.0 Å². The summed E-state index contributed by atoms with van der Waals surface area (Å²) in [6, 6.07) is 4.86. The van der Waals surface area contributed by atoms with E-state index in [0.717, 1.165) is 19.3 Å². The van der Waals surface area contributed by atoms with Crippen LogP contribution in [0, 0.1) is 0 Å². The molecule has 2 rings (SSSR count). The van der Waals surface area contributed by atoms with Crippen molar-refractivity contribution in [3.05, 3.63) is 28.6 Å². The Morgan fingerprint density at radius 1 is 0.963 bits per heavy atom. The van der Waals surface area contributed by atoms with Gasteiger partial charge in [-0.15, -0.1) is 0 Å². The van der Waals surface area contributed by atoms with E-state index < -0.39 is 5.63 Å². The van der Waals surface area contributed by atoms with Gasteiger partial charge in [0.15, 0.2) is 5.75 Å². The molecule has 0 saturated carbocycles. The molecule has 0 fully saturated rings. The number of hydrogen-bond donors (Lipinski definition) is 2. The summed E-state index contributed by atoms with van der Waals surface area (Å²) in [5, 5.41) is 19.7. The summed E-state index contributed by atoms with van der Waals surface area (Å²) in [5.41, 5.74) is -0.494. The van der Waals surface area contributed by atoms with Crippen molar-refractivity contribution in [1.29, 1.82) is 0 Å². The molecule has 0 aliphatic rings. The van der Waals surface area contributed by atoms with Crippen molar-refractivity contribution < 1.29 is 24.1 Å². The molecule has 0 bridgehead atoms. The molecule has 0 atom stereocenters. The minimum absolute atomic E-state index is 0.0755. The second-order valence-corrected chi connectivity index (χ2v) is 6.59. The first-order valence-corrected chi connectivity index (χ1v) is 9.84. The van der Waals surface area contributed by atoms with Crippen LogP contribution in [0.2, 0.25) is 0 Å². The van der Waals surface area contributed by atoms with E-state index in [9.17, 15) is 9.90 Å². The minimum atomic E-state index is -0.709. The fraction of sp³-hybridized carbons (Fsp3) is 0.571. The van der Waals surface area contributed by atoms with Gasteiger partial charge in [0, 0.05) is 0 Å². The van der Waals surface area contributed by atoms with Gasteiger partial charge in [-0.25, -0.2) is 4.79 Å². The lowest BCUT2D eigenvalue weighted by Crippen LogP contribution is -2.09. The van der Waals surface area contributed by atoms with E-state index in [2.05, 4.69) is 6.92 Å². The Balaban J connectivity index is 1.94. The summed E-state index contributed by atoms with van der Waals surface area (Å²) >= 11 is 0. The summed E-state index contributed by atoms with van der Waals surface area (Å²) < 4.78 is 16.2. The van der Waals surface area contributed by atoms with Crippen LogP contribution in [0.3, 0.4) is 0 Å². The Hall–Kier alpha value is -2.21. The molecule has 1 aromatic heterocycles. The second kappa shape index (κ2) is 11.5. The van der Waals surface area contributed by atoms with Crippen LogP contribution < -0.4 is 15.1 Å². The van der Waals surface area contributed by atoms with E-state index in [1.54, 1.807) is 18.2 Å². The van der Waals surface area contributed by atoms with Crippen LogP contribution in [0.1, 0.15) is 58.3 Å². The number of hydrogen-bond acceptors (Lipinski definition) is 6. The van der Waals surface area contributed by atoms with Crippen molar-refractivity contribution in [2.75, 3.05) is 19.8 Å². The van der Waals surface area contributed by atoms with Gasteiger partial charge >= 0.3 is 5.63 Å². The van der Waals surface area contributed by atoms with Gasteiger partial charge in [-0.05, 0) is 18.6 Å². The van der Waals surface area contributed by atoms with Gasteiger partial charge in [0.1, 0.15) is 23.3 Å². The highest BCUT2D eigenvalue weighted by Crippen LogP contribution is 2.37. The molecule has 150 valence electrons. The van der Waals surface area contributed by atoms with Gasteiger partial charge in [-0.1, -0.05) is 57.9 Å². The lowest BCUT2D eigenvalue weighted by Gasteiger charge is -2.12. The summed E-state index contributed by atoms with van der Waals surface area (Å²) in [6.45, 7) is 2.47. The van der Waals surface area contributed by atoms with Crippen molar-refractivity contribution in [2.45, 2.75) is 58.3 Å². The van der Waals surface area contributed by atoms with Crippen LogP contribution >= 0.6 is 0 Å². The lowest BCUT2D eigenvalue weighted by molar-refractivity contribution is 0.202. The third-order valence-corrected chi connectivity index (χ3v) is 4.42. The van der Waals surface area contributed by atoms with E-state index in [1.807, 2.05) is 0 Å². The van der Waals surface area contributed by atoms with Crippen LogP contribution in [0.5, 0.6) is 17.2 Å². The molecular weight excluding hydrogens is 348 g/mol. The number of benzene rings is 1. The first kappa shape index (κ1) is 21.1. The molecule has 0 amide bonds. The van der Waals surface area contributed by atoms with Crippen molar-refractivity contribution in [2.24, 2.45) is 0 Å². The SMILES string of the molecule is CCCCCCCCCCOc1c(O)c2c(OCCO)cccc2oc1=O. The van der Waals surface area contributed by atoms with Crippen molar-refractivity contribution >= 4 is 11.0 Å². The van der Waals surface area contributed by atoms with Crippen LogP contribution in [-0.2, 0) is 0 Å². The quantitative estimate of drug-likeness (QED) is 0.397. The van der Waals surface area contributed by atoms with Crippen molar-refractivity contribution in [1.82, 2.24) is 0 Å². The molecule has 0 spiro atoms. The molecule has 27 heavy (non-hydrogen) atoms. The van der Waals surface area contributed by atoms with Gasteiger partial charge in [0.2, 0.25) is 5.75 Å². The maximum Gasteiger partial charge on any atom is 0.383 e. The standard InChI is InChI=1S/C21H30O6/c1-2-3-4-5-6-7-8-9-14-26-20-19(23)18-16(25-15-13-22)11-10-12-17(18)27-21(20)24/h10-12,22-23H,2-9,13-15H2,1H3. The summed E-state index contributed by atoms with van der Waals surface area (Å²) in [5.74, 6) is -0.139. The first-order chi connectivity index (χ1) is 13.2. The fourth-order valence-corrected chi connectivity index (χ4v) is 3.00. The molecule has 2 aromatic rings. The maximum absolute atomic E-state index is 12.1. The summed E-state index contributed by atoms with van der Waals surface area (Å²) in [4.78, 5) is 12.1. The number of aromatic hydroxyl groups is 1. The first-order valence-electron chi connectivity index (χ1n) is 9.84. The number of rotatable bonds is 13. The van der Waals surface area contributed by atoms with Gasteiger partial charge < -0.3 is 24.1 Å². The highest BCUT2D eigenvalue weighted by atomic mass is 16.5. The predicted molar refractivity (Wildman–Crippen MR) is 105 cm³/mol. The zero-order valence-corrected chi connectivity index (χ0v) is 16.0. The molecule has 6 nitrogen and oxygen atoms in total. The molecule has 0 aliphatic carbocycles.